The van der Waals surface area contributed by atoms with E-state index in [1.807, 2.05) is 0 Å². The number of carbonyl (C=O) groups is 1. The van der Waals surface area contributed by atoms with Gasteiger partial charge in [-0.2, -0.15) is 0 Å². The van der Waals surface area contributed by atoms with Crippen molar-refractivity contribution in [2.75, 3.05) is 13.1 Å². The van der Waals surface area contributed by atoms with Crippen molar-refractivity contribution in [1.82, 2.24) is 4.90 Å². The van der Waals surface area contributed by atoms with E-state index < -0.39 is 0 Å². The summed E-state index contributed by atoms with van der Waals surface area (Å²) >= 11 is 0. The van der Waals surface area contributed by atoms with Crippen LogP contribution in [0.3, 0.4) is 0 Å². The van der Waals surface area contributed by atoms with Crippen molar-refractivity contribution in [3.05, 3.63) is 0 Å². The quantitative estimate of drug-likeness (QED) is 0.831. The Hall–Kier alpha value is -0.570. The highest BCUT2D eigenvalue weighted by Crippen LogP contribution is 2.37. The molecule has 0 aromatic heterocycles. The molecule has 1 saturated heterocycles. The third-order valence-corrected chi connectivity index (χ3v) is 5.15. The summed E-state index contributed by atoms with van der Waals surface area (Å²) in [6, 6.07) is 0.568. The van der Waals surface area contributed by atoms with Crippen LogP contribution in [0.15, 0.2) is 0 Å². The zero-order chi connectivity index (χ0) is 13.9. The topological polar surface area (TPSA) is 46.3 Å². The van der Waals surface area contributed by atoms with Gasteiger partial charge in [0.1, 0.15) is 0 Å². The Balaban J connectivity index is 1.85. The Morgan fingerprint density at radius 1 is 1.21 bits per heavy atom. The lowest BCUT2D eigenvalue weighted by molar-refractivity contribution is -0.136. The summed E-state index contributed by atoms with van der Waals surface area (Å²) < 4.78 is 0. The molecule has 1 heterocycles. The van der Waals surface area contributed by atoms with Crippen LogP contribution < -0.4 is 5.73 Å². The van der Waals surface area contributed by atoms with Crippen LogP contribution in [0.5, 0.6) is 0 Å². The monoisotopic (exact) mass is 266 g/mol. The summed E-state index contributed by atoms with van der Waals surface area (Å²) in [5, 5.41) is 0. The first-order valence-electron chi connectivity index (χ1n) is 8.03. The van der Waals surface area contributed by atoms with Crippen molar-refractivity contribution in [2.45, 2.75) is 71.3 Å². The summed E-state index contributed by atoms with van der Waals surface area (Å²) in [6.45, 7) is 6.16. The van der Waals surface area contributed by atoms with Crippen molar-refractivity contribution in [2.24, 2.45) is 17.1 Å². The molecule has 0 radical (unpaired) electrons. The summed E-state index contributed by atoms with van der Waals surface area (Å²) in [4.78, 5) is 14.7. The largest absolute Gasteiger partial charge is 0.339 e. The van der Waals surface area contributed by atoms with Crippen LogP contribution in [-0.4, -0.2) is 29.9 Å². The maximum absolute atomic E-state index is 12.5. The van der Waals surface area contributed by atoms with E-state index in [9.17, 15) is 4.79 Å². The minimum atomic E-state index is 0.204. The Bertz CT molecular complexity index is 314. The van der Waals surface area contributed by atoms with Crippen LogP contribution in [0.2, 0.25) is 0 Å². The summed E-state index contributed by atoms with van der Waals surface area (Å²) in [5.74, 6) is 1.19. The molecule has 2 aliphatic rings. The molecule has 3 heteroatoms. The van der Waals surface area contributed by atoms with Crippen LogP contribution in [0.1, 0.15) is 65.2 Å². The first kappa shape index (κ1) is 14.8. The predicted octanol–water partition coefficient (Wildman–Crippen LogP) is 2.93. The van der Waals surface area contributed by atoms with Crippen molar-refractivity contribution in [3.8, 4) is 0 Å². The smallest absolute Gasteiger partial charge is 0.222 e. The molecule has 0 spiro atoms. The van der Waals surface area contributed by atoms with E-state index in [0.717, 1.165) is 31.8 Å². The van der Waals surface area contributed by atoms with E-state index >= 15 is 0 Å². The molecule has 0 aromatic rings. The molecule has 19 heavy (non-hydrogen) atoms. The van der Waals surface area contributed by atoms with Gasteiger partial charge in [-0.1, -0.05) is 20.3 Å². The second-order valence-corrected chi connectivity index (χ2v) is 7.19. The predicted molar refractivity (Wildman–Crippen MR) is 78.8 cm³/mol. The lowest BCUT2D eigenvalue weighted by atomic mass is 9.84. The second kappa shape index (κ2) is 6.25. The number of nitrogens with zero attached hydrogens (tertiary/aromatic N) is 1. The highest BCUT2D eigenvalue weighted by Gasteiger charge is 2.37. The van der Waals surface area contributed by atoms with Crippen LogP contribution >= 0.6 is 0 Å². The van der Waals surface area contributed by atoms with E-state index in [-0.39, 0.29) is 5.41 Å². The molecule has 2 unspecified atom stereocenters. The van der Waals surface area contributed by atoms with Gasteiger partial charge in [-0.15, -0.1) is 0 Å². The number of fused-ring (bicyclic) bond motifs is 1. The van der Waals surface area contributed by atoms with Crippen molar-refractivity contribution < 1.29 is 4.79 Å². The van der Waals surface area contributed by atoms with E-state index in [4.69, 9.17) is 5.73 Å². The van der Waals surface area contributed by atoms with Crippen molar-refractivity contribution in [1.29, 1.82) is 0 Å². The van der Waals surface area contributed by atoms with Gasteiger partial charge in [0.15, 0.2) is 0 Å². The Morgan fingerprint density at radius 3 is 2.68 bits per heavy atom. The van der Waals surface area contributed by atoms with Gasteiger partial charge in [0.05, 0.1) is 0 Å². The van der Waals surface area contributed by atoms with Crippen LogP contribution in [0.25, 0.3) is 0 Å². The van der Waals surface area contributed by atoms with E-state index in [1.54, 1.807) is 0 Å². The minimum Gasteiger partial charge on any atom is -0.339 e. The van der Waals surface area contributed by atoms with Crippen LogP contribution in [-0.2, 0) is 4.79 Å². The second-order valence-electron chi connectivity index (χ2n) is 7.19. The number of piperidine rings is 1. The number of hydrogen-bond acceptors (Lipinski definition) is 2. The lowest BCUT2D eigenvalue weighted by Gasteiger charge is -2.38. The van der Waals surface area contributed by atoms with Crippen LogP contribution in [0.4, 0.5) is 0 Å². The number of amides is 1. The summed E-state index contributed by atoms with van der Waals surface area (Å²) in [5.41, 5.74) is 5.84. The SMILES string of the molecule is CC(C)(CCN)CCC(=O)N1CCCC2CCCC21. The summed E-state index contributed by atoms with van der Waals surface area (Å²) in [6.07, 6.45) is 9.12. The van der Waals surface area contributed by atoms with Gasteiger partial charge in [-0.3, -0.25) is 4.79 Å². The van der Waals surface area contributed by atoms with E-state index in [0.29, 0.717) is 18.4 Å². The van der Waals surface area contributed by atoms with Gasteiger partial charge in [0.2, 0.25) is 5.91 Å². The number of carbonyl (C=O) groups excluding carboxylic acids is 1. The van der Waals surface area contributed by atoms with Gasteiger partial charge in [-0.25, -0.2) is 0 Å². The third-order valence-electron chi connectivity index (χ3n) is 5.15. The highest BCUT2D eigenvalue weighted by molar-refractivity contribution is 5.76. The molecular formula is C16H30N2O. The Kier molecular flexibility index (Phi) is 4.88. The highest BCUT2D eigenvalue weighted by atomic mass is 16.2. The number of nitrogens with two attached hydrogens (primary N) is 1. The molecular weight excluding hydrogens is 236 g/mol. The van der Waals surface area contributed by atoms with Crippen molar-refractivity contribution in [3.63, 3.8) is 0 Å². The normalized spacial score (nSPS) is 27.4. The van der Waals surface area contributed by atoms with E-state index in [1.165, 1.54) is 32.1 Å². The Morgan fingerprint density at radius 2 is 1.95 bits per heavy atom. The van der Waals surface area contributed by atoms with Gasteiger partial charge in [0, 0.05) is 19.0 Å². The fourth-order valence-electron chi connectivity index (χ4n) is 3.87. The zero-order valence-corrected chi connectivity index (χ0v) is 12.7. The van der Waals surface area contributed by atoms with Gasteiger partial charge >= 0.3 is 0 Å². The average Bonchev–Trinajstić information content (AvgIpc) is 2.84. The molecule has 1 aliphatic heterocycles. The maximum atomic E-state index is 12.5. The van der Waals surface area contributed by atoms with Crippen molar-refractivity contribution >= 4 is 5.91 Å². The van der Waals surface area contributed by atoms with Gasteiger partial charge in [0.25, 0.3) is 0 Å². The number of likely N-dealkylation sites (tertiary alicyclic amines) is 1. The number of rotatable bonds is 5. The molecule has 1 amide bonds. The standard InChI is InChI=1S/C16H30N2O/c1-16(2,10-11-17)9-8-15(19)18-12-4-6-13-5-3-7-14(13)18/h13-14H,3-12,17H2,1-2H3. The first-order chi connectivity index (χ1) is 9.03. The molecule has 2 N–H and O–H groups in total. The lowest BCUT2D eigenvalue weighted by Crippen LogP contribution is -2.46. The van der Waals surface area contributed by atoms with Crippen LogP contribution in [0, 0.1) is 11.3 Å². The molecule has 2 rings (SSSR count). The average molecular weight is 266 g/mol. The molecule has 1 saturated carbocycles. The van der Waals surface area contributed by atoms with E-state index in [2.05, 4.69) is 18.7 Å². The third kappa shape index (κ3) is 3.71. The fourth-order valence-corrected chi connectivity index (χ4v) is 3.87. The van der Waals surface area contributed by atoms with Gasteiger partial charge in [-0.05, 0) is 56.4 Å². The fraction of sp³-hybridized carbons (Fsp3) is 0.938. The maximum Gasteiger partial charge on any atom is 0.222 e. The molecule has 0 aromatic carbocycles. The summed E-state index contributed by atoms with van der Waals surface area (Å²) in [7, 11) is 0. The Labute approximate surface area is 117 Å². The molecule has 2 atom stereocenters. The molecule has 0 bridgehead atoms. The van der Waals surface area contributed by atoms with Gasteiger partial charge < -0.3 is 10.6 Å². The number of hydrogen-bond donors (Lipinski definition) is 1. The molecule has 1 aliphatic carbocycles. The zero-order valence-electron chi connectivity index (χ0n) is 12.7. The first-order valence-corrected chi connectivity index (χ1v) is 8.03. The molecule has 2 fully saturated rings. The molecule has 110 valence electrons. The minimum absolute atomic E-state index is 0.204. The molecule has 3 nitrogen and oxygen atoms in total.